The molecular weight excluding hydrogens is 268 g/mol. The van der Waals surface area contributed by atoms with E-state index in [1.165, 1.54) is 24.6 Å². The number of carbonyl (C=O) groups is 1. The van der Waals surface area contributed by atoms with Gasteiger partial charge < -0.3 is 15.5 Å². The van der Waals surface area contributed by atoms with Gasteiger partial charge in [-0.1, -0.05) is 32.1 Å². The zero-order valence-electron chi connectivity index (χ0n) is 11.9. The van der Waals surface area contributed by atoms with Crippen LogP contribution in [0.1, 0.15) is 55.3 Å². The maximum atomic E-state index is 12.3. The normalized spacial score (nSPS) is 18.0. The molecule has 0 spiro atoms. The van der Waals surface area contributed by atoms with Crippen molar-refractivity contribution in [2.24, 2.45) is 0 Å². The highest BCUT2D eigenvalue weighted by molar-refractivity contribution is 5.95. The minimum absolute atomic E-state index is 0.238. The lowest BCUT2D eigenvalue weighted by Gasteiger charge is -2.29. The first kappa shape index (κ1) is 15.2. The fraction of sp³-hybridized carbons (Fsp3) is 0.500. The SMILES string of the molecule is N#CC1(NC(=O)c2ccc(O)c(O)c2)CCCCCCC1. The lowest BCUT2D eigenvalue weighted by Crippen LogP contribution is -2.47. The van der Waals surface area contributed by atoms with E-state index in [9.17, 15) is 20.3 Å². The second kappa shape index (κ2) is 6.49. The molecule has 0 radical (unpaired) electrons. The van der Waals surface area contributed by atoms with Crippen LogP contribution in [0.3, 0.4) is 0 Å². The topological polar surface area (TPSA) is 93.4 Å². The minimum atomic E-state index is -0.828. The van der Waals surface area contributed by atoms with Crippen LogP contribution >= 0.6 is 0 Å². The van der Waals surface area contributed by atoms with E-state index in [1.807, 2.05) is 0 Å². The van der Waals surface area contributed by atoms with Crippen molar-refractivity contribution in [1.29, 1.82) is 5.26 Å². The molecule has 5 nitrogen and oxygen atoms in total. The number of rotatable bonds is 2. The van der Waals surface area contributed by atoms with Gasteiger partial charge in [-0.15, -0.1) is 0 Å². The van der Waals surface area contributed by atoms with E-state index in [1.54, 1.807) is 0 Å². The van der Waals surface area contributed by atoms with Crippen LogP contribution in [0.5, 0.6) is 11.5 Å². The highest BCUT2D eigenvalue weighted by Gasteiger charge is 2.32. The van der Waals surface area contributed by atoms with Gasteiger partial charge in [-0.3, -0.25) is 4.79 Å². The molecule has 3 N–H and O–H groups in total. The molecule has 1 amide bonds. The number of amides is 1. The first-order valence-electron chi connectivity index (χ1n) is 7.32. The molecule has 21 heavy (non-hydrogen) atoms. The zero-order chi connectivity index (χ0) is 15.3. The summed E-state index contributed by atoms with van der Waals surface area (Å²) in [5, 5.41) is 31.1. The van der Waals surface area contributed by atoms with Crippen LogP contribution in [-0.4, -0.2) is 21.7 Å². The fourth-order valence-electron chi connectivity index (χ4n) is 2.73. The molecule has 2 rings (SSSR count). The van der Waals surface area contributed by atoms with Gasteiger partial charge in [0, 0.05) is 5.56 Å². The molecule has 1 fully saturated rings. The lowest BCUT2D eigenvalue weighted by atomic mass is 9.85. The zero-order valence-corrected chi connectivity index (χ0v) is 11.9. The molecule has 1 aliphatic rings. The van der Waals surface area contributed by atoms with E-state index >= 15 is 0 Å². The van der Waals surface area contributed by atoms with E-state index in [2.05, 4.69) is 11.4 Å². The maximum Gasteiger partial charge on any atom is 0.252 e. The Bertz CT molecular complexity index is 555. The Morgan fingerprint density at radius 2 is 1.71 bits per heavy atom. The summed E-state index contributed by atoms with van der Waals surface area (Å²) in [6.45, 7) is 0. The summed E-state index contributed by atoms with van der Waals surface area (Å²) in [5.74, 6) is -1.01. The maximum absolute atomic E-state index is 12.3. The number of hydrogen-bond acceptors (Lipinski definition) is 4. The van der Waals surface area contributed by atoms with E-state index in [0.717, 1.165) is 25.7 Å². The summed E-state index contributed by atoms with van der Waals surface area (Å²) in [7, 11) is 0. The Morgan fingerprint density at radius 1 is 1.10 bits per heavy atom. The predicted octanol–water partition coefficient (Wildman–Crippen LogP) is 2.83. The molecule has 0 aromatic heterocycles. The number of hydrogen-bond donors (Lipinski definition) is 3. The smallest absolute Gasteiger partial charge is 0.252 e. The van der Waals surface area contributed by atoms with Crippen LogP contribution in [0.4, 0.5) is 0 Å². The summed E-state index contributed by atoms with van der Waals surface area (Å²) in [6.07, 6.45) is 6.50. The number of nitriles is 1. The minimum Gasteiger partial charge on any atom is -0.504 e. The monoisotopic (exact) mass is 288 g/mol. The van der Waals surface area contributed by atoms with Crippen molar-refractivity contribution in [3.63, 3.8) is 0 Å². The standard InChI is InChI=1S/C16H20N2O3/c17-11-16(8-4-2-1-3-5-9-16)18-15(21)12-6-7-13(19)14(20)10-12/h6-7,10,19-20H,1-5,8-9H2,(H,18,21). The molecule has 0 aliphatic heterocycles. The van der Waals surface area contributed by atoms with Gasteiger partial charge in [0.05, 0.1) is 6.07 Å². The third-order valence-corrected chi connectivity index (χ3v) is 4.01. The van der Waals surface area contributed by atoms with Gasteiger partial charge in [0.25, 0.3) is 5.91 Å². The third-order valence-electron chi connectivity index (χ3n) is 4.01. The number of nitrogens with zero attached hydrogens (tertiary/aromatic N) is 1. The Kier molecular flexibility index (Phi) is 4.69. The summed E-state index contributed by atoms with van der Waals surface area (Å²) >= 11 is 0. The van der Waals surface area contributed by atoms with E-state index in [0.29, 0.717) is 12.8 Å². The number of phenols is 2. The highest BCUT2D eigenvalue weighted by atomic mass is 16.3. The summed E-state index contributed by atoms with van der Waals surface area (Å²) in [6, 6.07) is 6.17. The van der Waals surface area contributed by atoms with Crippen molar-refractivity contribution in [2.75, 3.05) is 0 Å². The molecule has 0 bridgehead atoms. The van der Waals surface area contributed by atoms with Crippen LogP contribution in [0.15, 0.2) is 18.2 Å². The molecule has 0 saturated heterocycles. The Labute approximate surface area is 124 Å². The first-order chi connectivity index (χ1) is 10.1. The number of phenolic OH excluding ortho intramolecular Hbond substituents is 2. The molecule has 112 valence electrons. The molecule has 1 aliphatic carbocycles. The van der Waals surface area contributed by atoms with Crippen LogP contribution in [-0.2, 0) is 0 Å². The van der Waals surface area contributed by atoms with Gasteiger partial charge in [-0.05, 0) is 31.0 Å². The highest BCUT2D eigenvalue weighted by Crippen LogP contribution is 2.28. The Morgan fingerprint density at radius 3 is 2.29 bits per heavy atom. The number of carbonyl (C=O) groups excluding carboxylic acids is 1. The quantitative estimate of drug-likeness (QED) is 0.729. The third kappa shape index (κ3) is 3.66. The van der Waals surface area contributed by atoms with Crippen LogP contribution in [0, 0.1) is 11.3 Å². The van der Waals surface area contributed by atoms with Crippen molar-refractivity contribution in [2.45, 2.75) is 50.5 Å². The molecule has 1 aromatic carbocycles. The van der Waals surface area contributed by atoms with E-state index in [4.69, 9.17) is 0 Å². The molecule has 5 heteroatoms. The molecule has 0 unspecified atom stereocenters. The number of aromatic hydroxyl groups is 2. The average molecular weight is 288 g/mol. The van der Waals surface area contributed by atoms with Gasteiger partial charge in [-0.25, -0.2) is 0 Å². The lowest BCUT2D eigenvalue weighted by molar-refractivity contribution is 0.0907. The second-order valence-corrected chi connectivity index (χ2v) is 5.62. The fourth-order valence-corrected chi connectivity index (χ4v) is 2.73. The molecular formula is C16H20N2O3. The van der Waals surface area contributed by atoms with Crippen molar-refractivity contribution in [3.05, 3.63) is 23.8 Å². The van der Waals surface area contributed by atoms with Gasteiger partial charge in [0.2, 0.25) is 0 Å². The molecule has 1 aromatic rings. The van der Waals surface area contributed by atoms with Crippen molar-refractivity contribution in [1.82, 2.24) is 5.32 Å². The van der Waals surface area contributed by atoms with Crippen LogP contribution < -0.4 is 5.32 Å². The second-order valence-electron chi connectivity index (χ2n) is 5.62. The van der Waals surface area contributed by atoms with Crippen LogP contribution in [0.25, 0.3) is 0 Å². The first-order valence-corrected chi connectivity index (χ1v) is 7.32. The molecule has 1 saturated carbocycles. The summed E-state index contributed by atoms with van der Waals surface area (Å²) in [4.78, 5) is 12.3. The van der Waals surface area contributed by atoms with Crippen molar-refractivity contribution < 1.29 is 15.0 Å². The van der Waals surface area contributed by atoms with Gasteiger partial charge in [0.15, 0.2) is 11.5 Å². The summed E-state index contributed by atoms with van der Waals surface area (Å²) < 4.78 is 0. The largest absolute Gasteiger partial charge is 0.504 e. The summed E-state index contributed by atoms with van der Waals surface area (Å²) in [5.41, 5.74) is -0.590. The van der Waals surface area contributed by atoms with Gasteiger partial charge in [-0.2, -0.15) is 5.26 Å². The number of nitrogens with one attached hydrogen (secondary N) is 1. The molecule has 0 atom stereocenters. The van der Waals surface area contributed by atoms with E-state index in [-0.39, 0.29) is 17.1 Å². The Balaban J connectivity index is 2.14. The molecule has 0 heterocycles. The van der Waals surface area contributed by atoms with Crippen LogP contribution in [0.2, 0.25) is 0 Å². The Hall–Kier alpha value is -2.22. The number of benzene rings is 1. The van der Waals surface area contributed by atoms with Crippen molar-refractivity contribution >= 4 is 5.91 Å². The van der Waals surface area contributed by atoms with E-state index < -0.39 is 11.4 Å². The van der Waals surface area contributed by atoms with Gasteiger partial charge in [0.1, 0.15) is 5.54 Å². The average Bonchev–Trinajstić information content (AvgIpc) is 2.45. The van der Waals surface area contributed by atoms with Crippen molar-refractivity contribution in [3.8, 4) is 17.6 Å². The van der Waals surface area contributed by atoms with Gasteiger partial charge >= 0.3 is 0 Å². The predicted molar refractivity (Wildman–Crippen MR) is 77.9 cm³/mol.